The van der Waals surface area contributed by atoms with Crippen molar-refractivity contribution in [1.82, 2.24) is 10.2 Å². The number of hydrogen-bond acceptors (Lipinski definition) is 4. The Kier molecular flexibility index (Phi) is 5.76. The van der Waals surface area contributed by atoms with Crippen molar-refractivity contribution in [1.29, 1.82) is 0 Å². The average Bonchev–Trinajstić information content (AvgIpc) is 3.56. The van der Waals surface area contributed by atoms with Crippen LogP contribution in [0.5, 0.6) is 0 Å². The fraction of sp³-hybridized carbons (Fsp3) is 0.238. The van der Waals surface area contributed by atoms with E-state index in [2.05, 4.69) is 5.32 Å². The molecule has 1 N–H and O–H groups in total. The van der Waals surface area contributed by atoms with Crippen LogP contribution in [0.1, 0.15) is 54.3 Å². The molecule has 0 bridgehead atoms. The Hall–Kier alpha value is -3.28. The van der Waals surface area contributed by atoms with Gasteiger partial charge in [-0.1, -0.05) is 24.3 Å². The highest BCUT2D eigenvalue weighted by molar-refractivity contribution is 5.96. The van der Waals surface area contributed by atoms with Gasteiger partial charge in [0.1, 0.15) is 12.6 Å². The van der Waals surface area contributed by atoms with Crippen LogP contribution in [0, 0.1) is 0 Å². The van der Waals surface area contributed by atoms with Gasteiger partial charge in [0.05, 0.1) is 0 Å². The highest BCUT2D eigenvalue weighted by atomic mass is 16.2. The fourth-order valence-corrected chi connectivity index (χ4v) is 2.81. The highest BCUT2D eigenvalue weighted by Crippen LogP contribution is 2.28. The Morgan fingerprint density at radius 1 is 0.889 bits per heavy atom. The van der Waals surface area contributed by atoms with E-state index in [0.29, 0.717) is 35.3 Å². The quantitative estimate of drug-likeness (QED) is 0.729. The van der Waals surface area contributed by atoms with Gasteiger partial charge in [0.2, 0.25) is 0 Å². The first-order chi connectivity index (χ1) is 13.1. The van der Waals surface area contributed by atoms with Crippen molar-refractivity contribution in [2.45, 2.75) is 18.9 Å². The van der Waals surface area contributed by atoms with Crippen LogP contribution in [0.3, 0.4) is 0 Å². The molecule has 0 aromatic heterocycles. The average molecular weight is 364 g/mol. The second-order valence-corrected chi connectivity index (χ2v) is 6.47. The fourth-order valence-electron chi connectivity index (χ4n) is 2.81. The standard InChI is InChI=1S/C21H20N2O4/c24-13-15-1-5-17(6-2-15)20(26)22-11-12-23(19-9-10-19)21(27)18-7-3-16(14-25)4-8-18/h1-8,13-14,19H,9-12H2,(H,22,26). The zero-order valence-corrected chi connectivity index (χ0v) is 14.8. The van der Waals surface area contributed by atoms with Crippen molar-refractivity contribution in [3.63, 3.8) is 0 Å². The maximum atomic E-state index is 12.7. The van der Waals surface area contributed by atoms with E-state index in [9.17, 15) is 19.2 Å². The van der Waals surface area contributed by atoms with Gasteiger partial charge in [0.25, 0.3) is 11.8 Å². The molecular formula is C21H20N2O4. The van der Waals surface area contributed by atoms with Gasteiger partial charge in [0.15, 0.2) is 0 Å². The van der Waals surface area contributed by atoms with Gasteiger partial charge in [-0.25, -0.2) is 0 Å². The van der Waals surface area contributed by atoms with Crippen LogP contribution in [0.15, 0.2) is 48.5 Å². The minimum atomic E-state index is -0.244. The Morgan fingerprint density at radius 2 is 1.41 bits per heavy atom. The molecule has 0 unspecified atom stereocenters. The summed E-state index contributed by atoms with van der Waals surface area (Å²) in [7, 11) is 0. The smallest absolute Gasteiger partial charge is 0.254 e. The zero-order chi connectivity index (χ0) is 19.2. The lowest BCUT2D eigenvalue weighted by Crippen LogP contribution is -2.40. The van der Waals surface area contributed by atoms with E-state index in [-0.39, 0.29) is 17.9 Å². The molecule has 0 radical (unpaired) electrons. The predicted molar refractivity (Wildman–Crippen MR) is 100 cm³/mol. The summed E-state index contributed by atoms with van der Waals surface area (Å²) in [5.41, 5.74) is 2.03. The van der Waals surface area contributed by atoms with E-state index in [4.69, 9.17) is 0 Å². The molecule has 0 heterocycles. The number of carbonyl (C=O) groups is 4. The maximum Gasteiger partial charge on any atom is 0.254 e. The number of nitrogens with zero attached hydrogens (tertiary/aromatic N) is 1. The van der Waals surface area contributed by atoms with Crippen LogP contribution in [0.2, 0.25) is 0 Å². The first-order valence-electron chi connectivity index (χ1n) is 8.82. The number of benzene rings is 2. The lowest BCUT2D eigenvalue weighted by atomic mass is 10.1. The van der Waals surface area contributed by atoms with Crippen LogP contribution in [0.4, 0.5) is 0 Å². The summed E-state index contributed by atoms with van der Waals surface area (Å²) < 4.78 is 0. The summed E-state index contributed by atoms with van der Waals surface area (Å²) in [6.07, 6.45) is 3.38. The molecular weight excluding hydrogens is 344 g/mol. The molecule has 0 spiro atoms. The third-order valence-corrected chi connectivity index (χ3v) is 4.49. The lowest BCUT2D eigenvalue weighted by molar-refractivity contribution is 0.0736. The van der Waals surface area contributed by atoms with E-state index in [0.717, 1.165) is 25.4 Å². The normalized spacial score (nSPS) is 12.9. The second-order valence-electron chi connectivity index (χ2n) is 6.47. The van der Waals surface area contributed by atoms with E-state index < -0.39 is 0 Å². The number of hydrogen-bond donors (Lipinski definition) is 1. The Bertz CT molecular complexity index is 839. The summed E-state index contributed by atoms with van der Waals surface area (Å²) in [6, 6.07) is 13.1. The van der Waals surface area contributed by atoms with Crippen LogP contribution in [-0.4, -0.2) is 48.4 Å². The SMILES string of the molecule is O=Cc1ccc(C(=O)NCCN(C(=O)c2ccc(C=O)cc2)C2CC2)cc1. The Morgan fingerprint density at radius 3 is 1.89 bits per heavy atom. The van der Waals surface area contributed by atoms with Gasteiger partial charge in [-0.15, -0.1) is 0 Å². The molecule has 2 amide bonds. The van der Waals surface area contributed by atoms with E-state index in [1.165, 1.54) is 0 Å². The molecule has 1 fully saturated rings. The summed E-state index contributed by atoms with van der Waals surface area (Å²) in [5.74, 6) is -0.342. The molecule has 2 aromatic carbocycles. The van der Waals surface area contributed by atoms with E-state index >= 15 is 0 Å². The molecule has 1 saturated carbocycles. The van der Waals surface area contributed by atoms with Gasteiger partial charge in [-0.3, -0.25) is 19.2 Å². The molecule has 27 heavy (non-hydrogen) atoms. The first-order valence-corrected chi connectivity index (χ1v) is 8.82. The third kappa shape index (κ3) is 4.67. The summed E-state index contributed by atoms with van der Waals surface area (Å²) in [5, 5.41) is 2.81. The highest BCUT2D eigenvalue weighted by Gasteiger charge is 2.32. The molecule has 0 atom stereocenters. The zero-order valence-electron chi connectivity index (χ0n) is 14.8. The second kappa shape index (κ2) is 8.40. The Labute approximate surface area is 157 Å². The van der Waals surface area contributed by atoms with Crippen molar-refractivity contribution in [2.24, 2.45) is 0 Å². The lowest BCUT2D eigenvalue weighted by Gasteiger charge is -2.23. The van der Waals surface area contributed by atoms with Crippen LogP contribution >= 0.6 is 0 Å². The van der Waals surface area contributed by atoms with Gasteiger partial charge < -0.3 is 10.2 Å². The molecule has 6 nitrogen and oxygen atoms in total. The van der Waals surface area contributed by atoms with Crippen LogP contribution < -0.4 is 5.32 Å². The van der Waals surface area contributed by atoms with Gasteiger partial charge in [-0.05, 0) is 37.1 Å². The molecule has 1 aliphatic rings. The number of nitrogens with one attached hydrogen (secondary N) is 1. The largest absolute Gasteiger partial charge is 0.350 e. The Balaban J connectivity index is 1.57. The maximum absolute atomic E-state index is 12.7. The van der Waals surface area contributed by atoms with Crippen molar-refractivity contribution in [3.8, 4) is 0 Å². The van der Waals surface area contributed by atoms with Crippen molar-refractivity contribution >= 4 is 24.4 Å². The predicted octanol–water partition coefficient (Wildman–Crippen LogP) is 2.35. The van der Waals surface area contributed by atoms with Gasteiger partial charge in [0, 0.05) is 41.4 Å². The topological polar surface area (TPSA) is 83.6 Å². The van der Waals surface area contributed by atoms with Gasteiger partial charge in [-0.2, -0.15) is 0 Å². The van der Waals surface area contributed by atoms with Crippen LogP contribution in [0.25, 0.3) is 0 Å². The summed E-state index contributed by atoms with van der Waals surface area (Å²) in [6.45, 7) is 0.750. The number of amides is 2. The van der Waals surface area contributed by atoms with Crippen molar-refractivity contribution < 1.29 is 19.2 Å². The van der Waals surface area contributed by atoms with E-state index in [1.54, 1.807) is 53.4 Å². The van der Waals surface area contributed by atoms with E-state index in [1.807, 2.05) is 0 Å². The summed E-state index contributed by atoms with van der Waals surface area (Å²) in [4.78, 5) is 48.1. The number of rotatable bonds is 8. The monoisotopic (exact) mass is 364 g/mol. The van der Waals surface area contributed by atoms with Crippen molar-refractivity contribution in [2.75, 3.05) is 13.1 Å². The molecule has 6 heteroatoms. The molecule has 1 aliphatic carbocycles. The third-order valence-electron chi connectivity index (χ3n) is 4.49. The molecule has 0 saturated heterocycles. The molecule has 3 rings (SSSR count). The first kappa shape index (κ1) is 18.5. The molecule has 138 valence electrons. The molecule has 0 aliphatic heterocycles. The van der Waals surface area contributed by atoms with Crippen molar-refractivity contribution in [3.05, 3.63) is 70.8 Å². The van der Waals surface area contributed by atoms with Crippen LogP contribution in [-0.2, 0) is 0 Å². The van der Waals surface area contributed by atoms with Gasteiger partial charge >= 0.3 is 0 Å². The number of carbonyl (C=O) groups excluding carboxylic acids is 4. The molecule has 2 aromatic rings. The number of aldehydes is 2. The minimum absolute atomic E-state index is 0.0977. The summed E-state index contributed by atoms with van der Waals surface area (Å²) >= 11 is 0. The minimum Gasteiger partial charge on any atom is -0.350 e.